The fourth-order valence-corrected chi connectivity index (χ4v) is 3.50. The molecule has 0 radical (unpaired) electrons. The summed E-state index contributed by atoms with van der Waals surface area (Å²) < 4.78 is 6.25. The number of rotatable bonds is 6. The van der Waals surface area contributed by atoms with Gasteiger partial charge in [-0.05, 0) is 12.0 Å². The molecule has 0 amide bonds. The summed E-state index contributed by atoms with van der Waals surface area (Å²) in [4.78, 5) is 13.0. The summed E-state index contributed by atoms with van der Waals surface area (Å²) in [6.07, 6.45) is 0. The van der Waals surface area contributed by atoms with Crippen molar-refractivity contribution in [3.8, 4) is 0 Å². The number of halogens is 1. The van der Waals surface area contributed by atoms with Gasteiger partial charge in [0, 0.05) is 21.7 Å². The van der Waals surface area contributed by atoms with Crippen LogP contribution in [0.5, 0.6) is 0 Å². The maximum atomic E-state index is 13.0. The number of carbonyl (C=O) groups excluding carboxylic acids is 1. The second-order valence-electron chi connectivity index (χ2n) is 7.08. The molecule has 0 unspecified atom stereocenters. The second kappa shape index (κ2) is 8.59. The second-order valence-corrected chi connectivity index (χ2v) is 7.49. The van der Waals surface area contributed by atoms with Gasteiger partial charge in [0.15, 0.2) is 5.60 Å². The molecule has 0 aliphatic rings. The molecule has 0 heterocycles. The average Bonchev–Trinajstić information content (AvgIpc) is 2.73. The van der Waals surface area contributed by atoms with Crippen molar-refractivity contribution < 1.29 is 9.53 Å². The van der Waals surface area contributed by atoms with Crippen molar-refractivity contribution >= 4 is 17.6 Å². The number of ether oxygens (including phenoxy) is 1. The Morgan fingerprint density at radius 3 is 1.79 bits per heavy atom. The van der Waals surface area contributed by atoms with Gasteiger partial charge in [0.2, 0.25) is 0 Å². The van der Waals surface area contributed by atoms with E-state index < -0.39 is 17.6 Å². The van der Waals surface area contributed by atoms with Crippen molar-refractivity contribution in [1.29, 1.82) is 0 Å². The summed E-state index contributed by atoms with van der Waals surface area (Å²) in [6, 6.07) is 25.9. The van der Waals surface area contributed by atoms with Gasteiger partial charge < -0.3 is 10.5 Å². The number of esters is 1. The highest BCUT2D eigenvalue weighted by molar-refractivity contribution is 6.31. The molecule has 1 atom stereocenters. The topological polar surface area (TPSA) is 52.3 Å². The normalized spacial score (nSPS) is 12.6. The van der Waals surface area contributed by atoms with Gasteiger partial charge >= 0.3 is 5.97 Å². The number of hydrogen-bond acceptors (Lipinski definition) is 3. The number of carbonyl (C=O) groups is 1. The van der Waals surface area contributed by atoms with Crippen LogP contribution in [-0.4, -0.2) is 12.0 Å². The standard InChI is InChI=1S/C24H24ClNO2/c1-17(2)22(26)23(27)28-24(18-11-5-3-6-12-18,19-13-7-4-8-14-19)20-15-9-10-16-21(20)25/h3-17,22H,26H2,1-2H3/t22-/m0/s1. The molecule has 0 aromatic heterocycles. The molecular weight excluding hydrogens is 370 g/mol. The molecule has 3 rings (SSSR count). The van der Waals surface area contributed by atoms with Crippen LogP contribution in [0.15, 0.2) is 84.9 Å². The third-order valence-electron chi connectivity index (χ3n) is 4.86. The van der Waals surface area contributed by atoms with Gasteiger partial charge in [0.25, 0.3) is 0 Å². The predicted octanol–water partition coefficient (Wildman–Crippen LogP) is 5.16. The molecule has 0 saturated carbocycles. The smallest absolute Gasteiger partial charge is 0.324 e. The van der Waals surface area contributed by atoms with E-state index in [2.05, 4.69) is 0 Å². The van der Waals surface area contributed by atoms with E-state index >= 15 is 0 Å². The van der Waals surface area contributed by atoms with Crippen LogP contribution in [0.2, 0.25) is 5.02 Å². The molecule has 0 aliphatic heterocycles. The number of benzene rings is 3. The number of nitrogens with two attached hydrogens (primary N) is 1. The van der Waals surface area contributed by atoms with E-state index in [1.165, 1.54) is 0 Å². The van der Waals surface area contributed by atoms with Crippen LogP contribution in [0.3, 0.4) is 0 Å². The van der Waals surface area contributed by atoms with E-state index in [0.717, 1.165) is 11.1 Å². The largest absolute Gasteiger partial charge is 0.443 e. The lowest BCUT2D eigenvalue weighted by Gasteiger charge is -2.37. The fraction of sp³-hybridized carbons (Fsp3) is 0.208. The Labute approximate surface area is 171 Å². The van der Waals surface area contributed by atoms with Crippen molar-refractivity contribution in [3.05, 3.63) is 107 Å². The molecule has 28 heavy (non-hydrogen) atoms. The fourth-order valence-electron chi connectivity index (χ4n) is 3.23. The van der Waals surface area contributed by atoms with Crippen LogP contribution in [0.1, 0.15) is 30.5 Å². The molecule has 0 saturated heterocycles. The Morgan fingerprint density at radius 1 is 0.857 bits per heavy atom. The van der Waals surface area contributed by atoms with Gasteiger partial charge in [-0.3, -0.25) is 4.79 Å². The minimum Gasteiger partial charge on any atom is -0.443 e. The van der Waals surface area contributed by atoms with Crippen LogP contribution >= 0.6 is 11.6 Å². The first-order valence-electron chi connectivity index (χ1n) is 9.31. The molecule has 3 aromatic carbocycles. The van der Waals surface area contributed by atoms with Crippen molar-refractivity contribution in [1.82, 2.24) is 0 Å². The zero-order valence-corrected chi connectivity index (χ0v) is 16.8. The van der Waals surface area contributed by atoms with E-state index in [0.29, 0.717) is 10.6 Å². The molecule has 0 bridgehead atoms. The minimum atomic E-state index is -1.20. The first kappa shape index (κ1) is 20.1. The Hall–Kier alpha value is -2.62. The van der Waals surface area contributed by atoms with Gasteiger partial charge in [-0.1, -0.05) is 104 Å². The Bertz CT molecular complexity index is 886. The van der Waals surface area contributed by atoms with Gasteiger partial charge in [0.05, 0.1) is 0 Å². The Balaban J connectivity index is 2.30. The highest BCUT2D eigenvalue weighted by Crippen LogP contribution is 2.43. The maximum Gasteiger partial charge on any atom is 0.324 e. The quantitative estimate of drug-likeness (QED) is 0.465. The summed E-state index contributed by atoms with van der Waals surface area (Å²) >= 11 is 6.61. The molecule has 0 spiro atoms. The minimum absolute atomic E-state index is 0.0528. The summed E-state index contributed by atoms with van der Waals surface area (Å²) in [6.45, 7) is 3.79. The van der Waals surface area contributed by atoms with Crippen LogP contribution < -0.4 is 5.73 Å². The zero-order chi connectivity index (χ0) is 20.1. The molecule has 3 aromatic rings. The first-order valence-corrected chi connectivity index (χ1v) is 9.69. The summed E-state index contributed by atoms with van der Waals surface area (Å²) in [5.74, 6) is -0.523. The zero-order valence-electron chi connectivity index (χ0n) is 16.0. The van der Waals surface area contributed by atoms with E-state index in [-0.39, 0.29) is 5.92 Å². The van der Waals surface area contributed by atoms with Gasteiger partial charge in [-0.2, -0.15) is 0 Å². The van der Waals surface area contributed by atoms with Gasteiger partial charge in [-0.15, -0.1) is 0 Å². The van der Waals surface area contributed by atoms with Gasteiger partial charge in [-0.25, -0.2) is 0 Å². The Kier molecular flexibility index (Phi) is 6.18. The molecule has 2 N–H and O–H groups in total. The van der Waals surface area contributed by atoms with Crippen LogP contribution in [0.4, 0.5) is 0 Å². The third kappa shape index (κ3) is 3.82. The monoisotopic (exact) mass is 393 g/mol. The molecular formula is C24H24ClNO2. The molecule has 4 heteroatoms. The summed E-state index contributed by atoms with van der Waals surface area (Å²) in [7, 11) is 0. The lowest BCUT2D eigenvalue weighted by molar-refractivity contribution is -0.156. The highest BCUT2D eigenvalue weighted by atomic mass is 35.5. The van der Waals surface area contributed by atoms with Crippen molar-refractivity contribution in [2.45, 2.75) is 25.5 Å². The lowest BCUT2D eigenvalue weighted by Crippen LogP contribution is -2.44. The van der Waals surface area contributed by atoms with Crippen molar-refractivity contribution in [3.63, 3.8) is 0 Å². The van der Waals surface area contributed by atoms with E-state index in [1.54, 1.807) is 6.07 Å². The van der Waals surface area contributed by atoms with Gasteiger partial charge in [0.1, 0.15) is 6.04 Å². The molecule has 0 aliphatic carbocycles. The highest BCUT2D eigenvalue weighted by Gasteiger charge is 2.43. The average molecular weight is 394 g/mol. The van der Waals surface area contributed by atoms with E-state index in [4.69, 9.17) is 22.1 Å². The van der Waals surface area contributed by atoms with E-state index in [9.17, 15) is 4.79 Å². The summed E-state index contributed by atoms with van der Waals surface area (Å²) in [5.41, 5.74) is 7.23. The third-order valence-corrected chi connectivity index (χ3v) is 5.19. The van der Waals surface area contributed by atoms with Crippen molar-refractivity contribution in [2.75, 3.05) is 0 Å². The van der Waals surface area contributed by atoms with Crippen LogP contribution in [-0.2, 0) is 15.1 Å². The molecule has 0 fully saturated rings. The van der Waals surface area contributed by atoms with E-state index in [1.807, 2.05) is 92.7 Å². The SMILES string of the molecule is CC(C)[C@H](N)C(=O)OC(c1ccccc1)(c1ccccc1)c1ccccc1Cl. The van der Waals surface area contributed by atoms with Crippen molar-refractivity contribution in [2.24, 2.45) is 11.7 Å². The summed E-state index contributed by atoms with van der Waals surface area (Å²) in [5, 5.41) is 0.515. The first-order chi connectivity index (χ1) is 13.5. The predicted molar refractivity (Wildman–Crippen MR) is 113 cm³/mol. The number of hydrogen-bond donors (Lipinski definition) is 1. The van der Waals surface area contributed by atoms with Crippen LogP contribution in [0.25, 0.3) is 0 Å². The molecule has 3 nitrogen and oxygen atoms in total. The van der Waals surface area contributed by atoms with Crippen LogP contribution in [0, 0.1) is 5.92 Å². The maximum absolute atomic E-state index is 13.0. The molecule has 144 valence electrons. The lowest BCUT2D eigenvalue weighted by atomic mass is 9.80. The Morgan fingerprint density at radius 2 is 1.32 bits per heavy atom.